The van der Waals surface area contributed by atoms with E-state index in [2.05, 4.69) is 55.9 Å². The summed E-state index contributed by atoms with van der Waals surface area (Å²) in [4.78, 5) is 0. The minimum absolute atomic E-state index is 0.122. The van der Waals surface area contributed by atoms with E-state index in [1.54, 1.807) is 0 Å². The lowest BCUT2D eigenvalue weighted by molar-refractivity contribution is -0.894. The average Bonchev–Trinajstić information content (AvgIpc) is 3.44. The standard InChI is InChI=1S/C73H152N2O5/c1-9-13-17-21-25-29-33-37-41-45-49-53-63-77-69-72(79-65-55-51-47-43-39-35-31-27-23-19-15-11-3)67-74(5,6)61-57-59-71(76)60-58-62-75(7,8)68-73(80-66-56-52-48-44-40-36-32-28-24-20-16-12-4)70-78-64-54-50-46-42-38-34-30-26-22-18-14-10-2/h71-73,76H,9-70H2,1-8H3/q+2. The molecule has 0 aliphatic rings. The topological polar surface area (TPSA) is 57.2 Å². The predicted molar refractivity (Wildman–Crippen MR) is 354 cm³/mol. The number of aliphatic hydroxyl groups excluding tert-OH is 1. The van der Waals surface area contributed by atoms with Crippen LogP contribution in [-0.4, -0.2) is 126 Å². The largest absolute Gasteiger partial charge is 0.393 e. The van der Waals surface area contributed by atoms with Crippen LogP contribution in [0.3, 0.4) is 0 Å². The molecular weight excluding hydrogens is 985 g/mol. The van der Waals surface area contributed by atoms with Crippen LogP contribution < -0.4 is 0 Å². The number of ether oxygens (including phenoxy) is 4. The zero-order valence-electron chi connectivity index (χ0n) is 56.5. The Morgan fingerprint density at radius 2 is 0.463 bits per heavy atom. The van der Waals surface area contributed by atoms with Crippen LogP contribution in [-0.2, 0) is 18.9 Å². The average molecular weight is 1140 g/mol. The maximum absolute atomic E-state index is 11.3. The molecule has 0 aromatic rings. The van der Waals surface area contributed by atoms with Crippen LogP contribution >= 0.6 is 0 Å². The Labute approximate surface area is 504 Å². The van der Waals surface area contributed by atoms with Crippen LogP contribution in [0.25, 0.3) is 0 Å². The minimum Gasteiger partial charge on any atom is -0.393 e. The quantitative estimate of drug-likeness (QED) is 0.0486. The molecule has 2 atom stereocenters. The SMILES string of the molecule is CCCCCCCCCCCCCCOCC(C[N+](C)(C)CCCC(O)CCC[N+](C)(C)CC(COCCCCCCCCCCCCCC)OCCCCCCCCCCCCCC)OCCCCCCCCCCCCCC. The van der Waals surface area contributed by atoms with Crippen LogP contribution in [0.2, 0.25) is 0 Å². The lowest BCUT2D eigenvalue weighted by Gasteiger charge is -2.34. The van der Waals surface area contributed by atoms with Crippen molar-refractivity contribution >= 4 is 0 Å². The highest BCUT2D eigenvalue weighted by Gasteiger charge is 2.25. The lowest BCUT2D eigenvalue weighted by atomic mass is 10.1. The second kappa shape index (κ2) is 63.2. The van der Waals surface area contributed by atoms with E-state index >= 15 is 0 Å². The first-order chi connectivity index (χ1) is 39.1. The third-order valence-corrected chi connectivity index (χ3v) is 17.6. The van der Waals surface area contributed by atoms with Crippen molar-refractivity contribution in [2.24, 2.45) is 0 Å². The summed E-state index contributed by atoms with van der Waals surface area (Å²) in [5.74, 6) is 0. The monoisotopic (exact) mass is 1140 g/mol. The zero-order chi connectivity index (χ0) is 58.4. The van der Waals surface area contributed by atoms with Gasteiger partial charge in [0.15, 0.2) is 0 Å². The molecular formula is C73H152N2O5+2. The summed E-state index contributed by atoms with van der Waals surface area (Å²) >= 11 is 0. The molecule has 0 amide bonds. The maximum Gasteiger partial charge on any atom is 0.130 e. The second-order valence-corrected chi connectivity index (χ2v) is 27.3. The molecule has 0 aromatic heterocycles. The molecule has 0 rings (SSSR count). The van der Waals surface area contributed by atoms with E-state index in [4.69, 9.17) is 18.9 Å². The van der Waals surface area contributed by atoms with Gasteiger partial charge in [0, 0.05) is 26.4 Å². The van der Waals surface area contributed by atoms with Gasteiger partial charge in [0.25, 0.3) is 0 Å². The summed E-state index contributed by atoms with van der Waals surface area (Å²) in [6.07, 6.45) is 69.4. The highest BCUT2D eigenvalue weighted by molar-refractivity contribution is 4.63. The highest BCUT2D eigenvalue weighted by Crippen LogP contribution is 2.19. The summed E-state index contributed by atoms with van der Waals surface area (Å²) in [6, 6.07) is 0. The number of hydrogen-bond donors (Lipinski definition) is 1. The molecule has 2 unspecified atom stereocenters. The van der Waals surface area contributed by atoms with Gasteiger partial charge >= 0.3 is 0 Å². The van der Waals surface area contributed by atoms with E-state index in [-0.39, 0.29) is 18.3 Å². The van der Waals surface area contributed by atoms with Crippen LogP contribution in [0, 0.1) is 0 Å². The van der Waals surface area contributed by atoms with E-state index in [9.17, 15) is 5.11 Å². The molecule has 0 radical (unpaired) electrons. The summed E-state index contributed by atoms with van der Waals surface area (Å²) in [6.45, 7) is 18.0. The smallest absolute Gasteiger partial charge is 0.130 e. The molecule has 482 valence electrons. The number of hydrogen-bond acceptors (Lipinski definition) is 5. The summed E-state index contributed by atoms with van der Waals surface area (Å²) < 4.78 is 27.8. The van der Waals surface area contributed by atoms with Crippen molar-refractivity contribution in [2.45, 2.75) is 380 Å². The van der Waals surface area contributed by atoms with Gasteiger partial charge in [-0.3, -0.25) is 0 Å². The van der Waals surface area contributed by atoms with Gasteiger partial charge in [0.05, 0.1) is 60.6 Å². The Morgan fingerprint density at radius 3 is 0.688 bits per heavy atom. The fraction of sp³-hybridized carbons (Fsp3) is 1.00. The molecule has 0 bridgehead atoms. The van der Waals surface area contributed by atoms with Gasteiger partial charge in [-0.1, -0.05) is 310 Å². The summed E-state index contributed by atoms with van der Waals surface area (Å²) in [7, 11) is 9.43. The molecule has 0 saturated heterocycles. The van der Waals surface area contributed by atoms with Gasteiger partial charge in [-0.2, -0.15) is 0 Å². The van der Waals surface area contributed by atoms with Crippen LogP contribution in [0.4, 0.5) is 0 Å². The number of quaternary nitrogens is 2. The van der Waals surface area contributed by atoms with Gasteiger partial charge in [0.2, 0.25) is 0 Å². The van der Waals surface area contributed by atoms with Crippen molar-refractivity contribution in [3.63, 3.8) is 0 Å². The van der Waals surface area contributed by atoms with E-state index in [0.717, 1.165) is 113 Å². The molecule has 0 fully saturated rings. The Balaban J connectivity index is 4.89. The first-order valence-corrected chi connectivity index (χ1v) is 36.8. The van der Waals surface area contributed by atoms with E-state index in [1.807, 2.05) is 0 Å². The van der Waals surface area contributed by atoms with Crippen LogP contribution in [0.1, 0.15) is 362 Å². The molecule has 0 spiro atoms. The number of likely N-dealkylation sites (N-methyl/N-ethyl adjacent to an activating group) is 2. The number of aliphatic hydroxyl groups is 1. The first-order valence-electron chi connectivity index (χ1n) is 36.8. The molecule has 0 aromatic carbocycles. The first kappa shape index (κ1) is 79.7. The van der Waals surface area contributed by atoms with Crippen molar-refractivity contribution in [2.75, 3.05) is 94.0 Å². The number of rotatable bonds is 70. The molecule has 7 heteroatoms. The molecule has 7 nitrogen and oxygen atoms in total. The van der Waals surface area contributed by atoms with Gasteiger partial charge in [-0.25, -0.2) is 0 Å². The Bertz CT molecular complexity index is 1070. The molecule has 1 N–H and O–H groups in total. The third-order valence-electron chi connectivity index (χ3n) is 17.6. The zero-order valence-corrected chi connectivity index (χ0v) is 56.5. The van der Waals surface area contributed by atoms with Crippen LogP contribution in [0.5, 0.6) is 0 Å². The van der Waals surface area contributed by atoms with Crippen molar-refractivity contribution in [3.8, 4) is 0 Å². The minimum atomic E-state index is -0.247. The fourth-order valence-electron chi connectivity index (χ4n) is 12.2. The highest BCUT2D eigenvalue weighted by atomic mass is 16.5. The third kappa shape index (κ3) is 62.3. The van der Waals surface area contributed by atoms with Gasteiger partial charge < -0.3 is 33.0 Å². The molecule has 0 saturated carbocycles. The molecule has 0 heterocycles. The summed E-state index contributed by atoms with van der Waals surface area (Å²) in [5.41, 5.74) is 0. The lowest BCUT2D eigenvalue weighted by Crippen LogP contribution is -2.48. The van der Waals surface area contributed by atoms with Crippen molar-refractivity contribution in [1.29, 1.82) is 0 Å². The predicted octanol–water partition coefficient (Wildman–Crippen LogP) is 21.7. The fourth-order valence-corrected chi connectivity index (χ4v) is 12.2. The van der Waals surface area contributed by atoms with Gasteiger partial charge in [-0.15, -0.1) is 0 Å². The van der Waals surface area contributed by atoms with Crippen molar-refractivity contribution < 1.29 is 33.0 Å². The van der Waals surface area contributed by atoms with Gasteiger partial charge in [0.1, 0.15) is 25.3 Å². The molecule has 0 aliphatic carbocycles. The Kier molecular flexibility index (Phi) is 63.0. The van der Waals surface area contributed by atoms with E-state index < -0.39 is 0 Å². The van der Waals surface area contributed by atoms with Crippen molar-refractivity contribution in [3.05, 3.63) is 0 Å². The maximum atomic E-state index is 11.3. The molecule has 0 aliphatic heterocycles. The van der Waals surface area contributed by atoms with Crippen molar-refractivity contribution in [1.82, 2.24) is 0 Å². The number of unbranched alkanes of at least 4 members (excludes halogenated alkanes) is 44. The van der Waals surface area contributed by atoms with E-state index in [0.29, 0.717) is 13.2 Å². The molecule has 80 heavy (non-hydrogen) atoms. The van der Waals surface area contributed by atoms with E-state index in [1.165, 1.54) is 283 Å². The summed E-state index contributed by atoms with van der Waals surface area (Å²) in [5, 5.41) is 11.3. The van der Waals surface area contributed by atoms with Gasteiger partial charge in [-0.05, 0) is 51.4 Å². The Morgan fingerprint density at radius 1 is 0.263 bits per heavy atom. The Hall–Kier alpha value is -0.280. The number of nitrogens with zero attached hydrogens (tertiary/aromatic N) is 2. The second-order valence-electron chi connectivity index (χ2n) is 27.3. The normalized spacial score (nSPS) is 13.5. The van der Waals surface area contributed by atoms with Crippen LogP contribution in [0.15, 0.2) is 0 Å².